The van der Waals surface area contributed by atoms with E-state index in [2.05, 4.69) is 11.4 Å². The molecule has 1 saturated heterocycles. The van der Waals surface area contributed by atoms with E-state index in [0.717, 1.165) is 6.07 Å². The molecule has 3 unspecified atom stereocenters. The molecule has 0 bridgehead atoms. The molecule has 1 amide bonds. The Labute approximate surface area is 225 Å². The summed E-state index contributed by atoms with van der Waals surface area (Å²) >= 11 is 12.1. The highest BCUT2D eigenvalue weighted by molar-refractivity contribution is 6.31. The lowest BCUT2D eigenvalue weighted by atomic mass is 9.70. The van der Waals surface area contributed by atoms with Crippen LogP contribution in [0.15, 0.2) is 36.4 Å². The smallest absolute Gasteiger partial charge is 0.242 e. The number of aliphatic hydroxyl groups is 2. The Bertz CT molecular complexity index is 1180. The van der Waals surface area contributed by atoms with Crippen LogP contribution >= 0.6 is 23.2 Å². The first-order valence-electron chi connectivity index (χ1n) is 12.0. The largest absolute Gasteiger partial charge is 0.394 e. The summed E-state index contributed by atoms with van der Waals surface area (Å²) in [6, 6.07) is 8.92. The van der Waals surface area contributed by atoms with E-state index < -0.39 is 47.8 Å². The molecule has 1 fully saturated rings. The van der Waals surface area contributed by atoms with E-state index in [1.807, 2.05) is 20.8 Å². The topological polar surface area (TPSA) is 96.6 Å². The fraction of sp³-hybridized carbons (Fsp3) is 0.481. The van der Waals surface area contributed by atoms with Crippen molar-refractivity contribution in [3.8, 4) is 6.07 Å². The van der Waals surface area contributed by atoms with Gasteiger partial charge in [-0.15, -0.1) is 0 Å². The van der Waals surface area contributed by atoms with Crippen LogP contribution in [0.3, 0.4) is 0 Å². The quantitative estimate of drug-likeness (QED) is 0.428. The number of hydrogen-bond donors (Lipinski definition) is 3. The SMILES string of the molecule is CC(C)(C)CC1N(c2ccc(F)c(Cl)c2)C(C(=O)NCC[C@@H](O)CO)CC1(C#N)c1ccc(Cl)cc1F. The lowest BCUT2D eigenvalue weighted by Gasteiger charge is -2.39. The van der Waals surface area contributed by atoms with E-state index in [4.69, 9.17) is 28.3 Å². The molecule has 1 aliphatic rings. The van der Waals surface area contributed by atoms with Crippen LogP contribution in [0.1, 0.15) is 45.6 Å². The number of nitrogens with zero attached hydrogens (tertiary/aromatic N) is 2. The van der Waals surface area contributed by atoms with Crippen LogP contribution in [0.2, 0.25) is 10.0 Å². The Kier molecular flexibility index (Phi) is 9.07. The lowest BCUT2D eigenvalue weighted by Crippen LogP contribution is -2.49. The van der Waals surface area contributed by atoms with Gasteiger partial charge in [-0.25, -0.2) is 8.78 Å². The number of benzene rings is 2. The summed E-state index contributed by atoms with van der Waals surface area (Å²) in [5, 5.41) is 32.1. The molecule has 0 radical (unpaired) electrons. The fourth-order valence-electron chi connectivity index (χ4n) is 4.96. The van der Waals surface area contributed by atoms with E-state index in [1.165, 1.54) is 30.3 Å². The van der Waals surface area contributed by atoms with Crippen molar-refractivity contribution in [3.63, 3.8) is 0 Å². The Morgan fingerprint density at radius 1 is 1.24 bits per heavy atom. The second-order valence-corrected chi connectivity index (χ2v) is 11.5. The van der Waals surface area contributed by atoms with Crippen molar-refractivity contribution >= 4 is 34.8 Å². The average Bonchev–Trinajstić information content (AvgIpc) is 3.14. The van der Waals surface area contributed by atoms with Gasteiger partial charge < -0.3 is 20.4 Å². The molecule has 2 aromatic rings. The zero-order valence-electron chi connectivity index (χ0n) is 20.9. The molecule has 37 heavy (non-hydrogen) atoms. The minimum atomic E-state index is -1.45. The second-order valence-electron chi connectivity index (χ2n) is 10.6. The molecule has 0 saturated carbocycles. The molecule has 0 spiro atoms. The fourth-order valence-corrected chi connectivity index (χ4v) is 5.30. The Balaban J connectivity index is 2.18. The van der Waals surface area contributed by atoms with E-state index in [0.29, 0.717) is 12.1 Å². The standard InChI is InChI=1S/C27H31Cl2F2N3O3/c1-26(2,3)13-24-27(15-32,19-6-4-16(28)10-22(19)31)12-23(25(37)33-9-8-18(36)14-35)34(24)17-5-7-21(30)20(29)11-17/h4-7,10-11,18,23-24,35-36H,8-9,12-14H2,1-3H3,(H,33,37)/t18-,23?,24?,27?/m1/s1. The van der Waals surface area contributed by atoms with Crippen molar-refractivity contribution in [1.82, 2.24) is 5.32 Å². The Morgan fingerprint density at radius 3 is 2.51 bits per heavy atom. The van der Waals surface area contributed by atoms with Gasteiger partial charge in [-0.1, -0.05) is 50.0 Å². The summed E-state index contributed by atoms with van der Waals surface area (Å²) in [5.74, 6) is -1.74. The van der Waals surface area contributed by atoms with Gasteiger partial charge in [0, 0.05) is 29.2 Å². The van der Waals surface area contributed by atoms with Crippen molar-refractivity contribution in [2.75, 3.05) is 18.1 Å². The van der Waals surface area contributed by atoms with Gasteiger partial charge in [-0.05, 0) is 48.6 Å². The van der Waals surface area contributed by atoms with Crippen molar-refractivity contribution in [2.45, 2.75) is 63.6 Å². The van der Waals surface area contributed by atoms with Crippen LogP contribution in [-0.2, 0) is 10.2 Å². The van der Waals surface area contributed by atoms with Crippen LogP contribution in [0.4, 0.5) is 14.5 Å². The van der Waals surface area contributed by atoms with Crippen LogP contribution < -0.4 is 10.2 Å². The minimum absolute atomic E-state index is 0.0494. The molecule has 1 heterocycles. The first-order chi connectivity index (χ1) is 17.3. The van der Waals surface area contributed by atoms with Crippen LogP contribution in [0.25, 0.3) is 0 Å². The molecule has 0 aliphatic carbocycles. The molecule has 1 aliphatic heterocycles. The third kappa shape index (κ3) is 6.35. The molecule has 6 nitrogen and oxygen atoms in total. The molecular formula is C27H31Cl2F2N3O3. The van der Waals surface area contributed by atoms with Gasteiger partial charge in [0.1, 0.15) is 23.1 Å². The number of nitrogens with one attached hydrogen (secondary N) is 1. The summed E-state index contributed by atoms with van der Waals surface area (Å²) in [6.07, 6.45) is -0.528. The maximum atomic E-state index is 15.4. The van der Waals surface area contributed by atoms with Crippen LogP contribution in [-0.4, -0.2) is 47.5 Å². The Hall–Kier alpha value is -2.44. The maximum Gasteiger partial charge on any atom is 0.242 e. The van der Waals surface area contributed by atoms with Gasteiger partial charge in [0.05, 0.1) is 29.8 Å². The van der Waals surface area contributed by atoms with Gasteiger partial charge >= 0.3 is 0 Å². The first-order valence-corrected chi connectivity index (χ1v) is 12.8. The first kappa shape index (κ1) is 29.1. The highest BCUT2D eigenvalue weighted by Crippen LogP contribution is 2.50. The Morgan fingerprint density at radius 2 is 1.95 bits per heavy atom. The minimum Gasteiger partial charge on any atom is -0.394 e. The van der Waals surface area contributed by atoms with Gasteiger partial charge in [-0.2, -0.15) is 5.26 Å². The van der Waals surface area contributed by atoms with E-state index in [9.17, 15) is 19.6 Å². The highest BCUT2D eigenvalue weighted by Gasteiger charge is 2.57. The second kappa shape index (κ2) is 11.5. The van der Waals surface area contributed by atoms with Crippen LogP contribution in [0, 0.1) is 28.4 Å². The number of aliphatic hydroxyl groups excluding tert-OH is 2. The number of nitriles is 1. The van der Waals surface area contributed by atoms with E-state index in [-0.39, 0.29) is 40.4 Å². The molecule has 4 atom stereocenters. The number of hydrogen-bond acceptors (Lipinski definition) is 5. The van der Waals surface area contributed by atoms with E-state index >= 15 is 4.39 Å². The van der Waals surface area contributed by atoms with Gasteiger partial charge in [0.2, 0.25) is 5.91 Å². The average molecular weight is 554 g/mol. The van der Waals surface area contributed by atoms with Gasteiger partial charge in [0.25, 0.3) is 0 Å². The number of rotatable bonds is 8. The number of amides is 1. The molecule has 3 rings (SSSR count). The molecule has 0 aromatic heterocycles. The van der Waals surface area contributed by atoms with Crippen molar-refractivity contribution in [2.24, 2.45) is 5.41 Å². The van der Waals surface area contributed by atoms with Crippen molar-refractivity contribution in [3.05, 3.63) is 63.6 Å². The van der Waals surface area contributed by atoms with Gasteiger partial charge in [-0.3, -0.25) is 4.79 Å². The number of carbonyl (C=O) groups excluding carboxylic acids is 1. The number of anilines is 1. The monoisotopic (exact) mass is 553 g/mol. The van der Waals surface area contributed by atoms with Crippen molar-refractivity contribution < 1.29 is 23.8 Å². The zero-order chi connectivity index (χ0) is 27.5. The summed E-state index contributed by atoms with van der Waals surface area (Å²) in [5.41, 5.74) is -1.25. The summed E-state index contributed by atoms with van der Waals surface area (Å²) in [7, 11) is 0. The molecular weight excluding hydrogens is 523 g/mol. The molecule has 3 N–H and O–H groups in total. The molecule has 200 valence electrons. The molecule has 2 aromatic carbocycles. The van der Waals surface area contributed by atoms with Crippen molar-refractivity contribution in [1.29, 1.82) is 5.26 Å². The predicted octanol–water partition coefficient (Wildman–Crippen LogP) is 4.98. The normalized spacial score (nSPS) is 22.5. The predicted molar refractivity (Wildman–Crippen MR) is 140 cm³/mol. The van der Waals surface area contributed by atoms with Crippen LogP contribution in [0.5, 0.6) is 0 Å². The summed E-state index contributed by atoms with van der Waals surface area (Å²) in [6.45, 7) is 5.57. The molecule has 10 heteroatoms. The third-order valence-corrected chi connectivity index (χ3v) is 7.19. The zero-order valence-corrected chi connectivity index (χ0v) is 22.5. The highest BCUT2D eigenvalue weighted by atomic mass is 35.5. The summed E-state index contributed by atoms with van der Waals surface area (Å²) < 4.78 is 29.4. The van der Waals surface area contributed by atoms with E-state index in [1.54, 1.807) is 4.90 Å². The summed E-state index contributed by atoms with van der Waals surface area (Å²) in [4.78, 5) is 15.2. The maximum absolute atomic E-state index is 15.4. The third-order valence-electron chi connectivity index (χ3n) is 6.66. The number of carbonyl (C=O) groups is 1. The number of halogens is 4. The van der Waals surface area contributed by atoms with Gasteiger partial charge in [0.15, 0.2) is 0 Å². The lowest BCUT2D eigenvalue weighted by molar-refractivity contribution is -0.122.